The van der Waals surface area contributed by atoms with Crippen molar-refractivity contribution in [2.75, 3.05) is 7.11 Å². The maximum Gasteiger partial charge on any atom is 0.508 e. The molecule has 1 atom stereocenters. The maximum absolute atomic E-state index is 11.4. The fraction of sp³-hybridized carbons (Fsp3) is 0.125. The fourth-order valence-electron chi connectivity index (χ4n) is 2.06. The number of methoxy groups -OCH3 is 1. The van der Waals surface area contributed by atoms with Crippen molar-refractivity contribution >= 4 is 22.9 Å². The van der Waals surface area contributed by atoms with Gasteiger partial charge in [0.25, 0.3) is 0 Å². The van der Waals surface area contributed by atoms with Gasteiger partial charge >= 0.3 is 12.1 Å². The molecule has 0 saturated heterocycles. The second-order valence-corrected chi connectivity index (χ2v) is 4.35. The molecule has 0 radical (unpaired) electrons. The number of hydrogen-bond donors (Lipinski definition) is 1. The number of ether oxygens (including phenoxy) is 2. The molecular weight excluding hydrogens is 272 g/mol. The maximum atomic E-state index is 11.4. The quantitative estimate of drug-likeness (QED) is 0.689. The number of fused-ring (bicyclic) bond motifs is 1. The summed E-state index contributed by atoms with van der Waals surface area (Å²) in [5.41, 5.74) is 0.308. The highest BCUT2D eigenvalue weighted by molar-refractivity contribution is 5.91. The van der Waals surface area contributed by atoms with Crippen molar-refractivity contribution in [3.63, 3.8) is 0 Å². The summed E-state index contributed by atoms with van der Waals surface area (Å²) in [7, 11) is 1.16. The summed E-state index contributed by atoms with van der Waals surface area (Å²) in [5, 5.41) is 10.8. The smallest absolute Gasteiger partial charge is 0.478 e. The van der Waals surface area contributed by atoms with Crippen molar-refractivity contribution in [2.45, 2.75) is 6.10 Å². The Morgan fingerprint density at radius 2 is 1.81 bits per heavy atom. The molecule has 21 heavy (non-hydrogen) atoms. The van der Waals surface area contributed by atoms with Gasteiger partial charge in [-0.3, -0.25) is 0 Å². The second-order valence-electron chi connectivity index (χ2n) is 4.35. The van der Waals surface area contributed by atoms with Crippen LogP contribution in [0.5, 0.6) is 0 Å². The fourth-order valence-corrected chi connectivity index (χ4v) is 2.06. The first-order valence-electron chi connectivity index (χ1n) is 6.19. The highest BCUT2D eigenvalue weighted by Crippen LogP contribution is 2.31. The summed E-state index contributed by atoms with van der Waals surface area (Å²) in [6, 6.07) is 12.8. The van der Waals surface area contributed by atoms with Crippen LogP contribution < -0.4 is 0 Å². The molecule has 0 bridgehead atoms. The van der Waals surface area contributed by atoms with Gasteiger partial charge in [-0.05, 0) is 10.8 Å². The van der Waals surface area contributed by atoms with Crippen molar-refractivity contribution < 1.29 is 24.2 Å². The lowest BCUT2D eigenvalue weighted by Crippen LogP contribution is -2.17. The molecule has 2 aromatic carbocycles. The zero-order chi connectivity index (χ0) is 15.4. The Balaban J connectivity index is 2.55. The van der Waals surface area contributed by atoms with Crippen molar-refractivity contribution in [1.82, 2.24) is 0 Å². The molecule has 0 heterocycles. The summed E-state index contributed by atoms with van der Waals surface area (Å²) < 4.78 is 9.52. The largest absolute Gasteiger partial charge is 0.508 e. The minimum atomic E-state index is -1.24. The van der Waals surface area contributed by atoms with Crippen LogP contribution in [-0.2, 0) is 14.3 Å². The number of carboxylic acid groups (broad SMARTS) is 1. The summed E-state index contributed by atoms with van der Waals surface area (Å²) in [6.45, 7) is 3.49. The van der Waals surface area contributed by atoms with Gasteiger partial charge in [0.1, 0.15) is 0 Å². The van der Waals surface area contributed by atoms with Gasteiger partial charge in [-0.15, -0.1) is 0 Å². The number of carbonyl (C=O) groups is 2. The number of hydrogen-bond acceptors (Lipinski definition) is 4. The molecule has 0 amide bonds. The van der Waals surface area contributed by atoms with Gasteiger partial charge in [-0.25, -0.2) is 9.59 Å². The normalized spacial score (nSPS) is 11.7. The highest BCUT2D eigenvalue weighted by Gasteiger charge is 2.26. The molecule has 0 spiro atoms. The Hall–Kier alpha value is -2.82. The Labute approximate surface area is 121 Å². The van der Waals surface area contributed by atoms with Crippen LogP contribution in [-0.4, -0.2) is 24.3 Å². The first kappa shape index (κ1) is 14.6. The van der Waals surface area contributed by atoms with Gasteiger partial charge in [0, 0.05) is 5.56 Å². The number of aliphatic carboxylic acids is 1. The highest BCUT2D eigenvalue weighted by atomic mass is 16.7. The van der Waals surface area contributed by atoms with Gasteiger partial charge in [0.15, 0.2) is 6.10 Å². The van der Waals surface area contributed by atoms with E-state index in [9.17, 15) is 9.59 Å². The van der Waals surface area contributed by atoms with E-state index >= 15 is 0 Å². The monoisotopic (exact) mass is 286 g/mol. The molecule has 1 unspecified atom stereocenters. The van der Waals surface area contributed by atoms with Crippen molar-refractivity contribution in [2.24, 2.45) is 0 Å². The molecule has 0 aliphatic heterocycles. The van der Waals surface area contributed by atoms with E-state index in [2.05, 4.69) is 11.3 Å². The first-order chi connectivity index (χ1) is 10.0. The molecule has 0 aliphatic rings. The van der Waals surface area contributed by atoms with E-state index in [-0.39, 0.29) is 5.57 Å². The lowest BCUT2D eigenvalue weighted by Gasteiger charge is -2.19. The number of benzene rings is 2. The molecule has 0 saturated carbocycles. The van der Waals surface area contributed by atoms with Crippen LogP contribution in [0, 0.1) is 0 Å². The van der Waals surface area contributed by atoms with Crippen LogP contribution >= 0.6 is 0 Å². The Morgan fingerprint density at radius 3 is 2.48 bits per heavy atom. The molecule has 0 aliphatic carbocycles. The van der Waals surface area contributed by atoms with Crippen LogP contribution in [0.2, 0.25) is 0 Å². The molecule has 2 aromatic rings. The Morgan fingerprint density at radius 1 is 1.14 bits per heavy atom. The molecular formula is C16H14O5. The van der Waals surface area contributed by atoms with Crippen LogP contribution in [0.4, 0.5) is 4.79 Å². The van der Waals surface area contributed by atoms with Gasteiger partial charge < -0.3 is 14.6 Å². The van der Waals surface area contributed by atoms with Gasteiger partial charge in [0.05, 0.1) is 12.7 Å². The SMILES string of the molecule is C=C(C(=O)O)C(OC(=O)OC)c1cccc2ccccc12. The third kappa shape index (κ3) is 3.02. The van der Waals surface area contributed by atoms with E-state index in [4.69, 9.17) is 9.84 Å². The predicted octanol–water partition coefficient (Wildman–Crippen LogP) is 3.30. The average Bonchev–Trinajstić information content (AvgIpc) is 2.51. The van der Waals surface area contributed by atoms with E-state index < -0.39 is 18.2 Å². The summed E-state index contributed by atoms with van der Waals surface area (Å²) >= 11 is 0. The van der Waals surface area contributed by atoms with Crippen LogP contribution in [0.3, 0.4) is 0 Å². The van der Waals surface area contributed by atoms with Gasteiger partial charge in [-0.1, -0.05) is 49.0 Å². The standard InChI is InChI=1S/C16H14O5/c1-10(15(17)18)14(21-16(19)20-2)13-9-5-7-11-6-3-4-8-12(11)13/h3-9,14H,1H2,2H3,(H,17,18). The second kappa shape index (κ2) is 6.09. The predicted molar refractivity (Wildman–Crippen MR) is 77.0 cm³/mol. The molecule has 5 nitrogen and oxygen atoms in total. The lowest BCUT2D eigenvalue weighted by molar-refractivity contribution is -0.133. The van der Waals surface area contributed by atoms with E-state index in [0.29, 0.717) is 5.56 Å². The number of carbonyl (C=O) groups excluding carboxylic acids is 1. The van der Waals surface area contributed by atoms with E-state index in [0.717, 1.165) is 17.9 Å². The number of rotatable bonds is 4. The van der Waals surface area contributed by atoms with Crippen LogP contribution in [0.15, 0.2) is 54.6 Å². The third-order valence-electron chi connectivity index (χ3n) is 3.08. The first-order valence-corrected chi connectivity index (χ1v) is 6.19. The topological polar surface area (TPSA) is 72.8 Å². The molecule has 2 rings (SSSR count). The van der Waals surface area contributed by atoms with Crippen LogP contribution in [0.25, 0.3) is 10.8 Å². The molecule has 0 fully saturated rings. The van der Waals surface area contributed by atoms with Crippen molar-refractivity contribution in [3.05, 3.63) is 60.2 Å². The Kier molecular flexibility index (Phi) is 4.23. The van der Waals surface area contributed by atoms with E-state index in [1.165, 1.54) is 0 Å². The molecule has 1 N–H and O–H groups in total. The average molecular weight is 286 g/mol. The zero-order valence-electron chi connectivity index (χ0n) is 11.4. The van der Waals surface area contributed by atoms with E-state index in [1.807, 2.05) is 30.3 Å². The molecule has 108 valence electrons. The summed E-state index contributed by atoms with van der Waals surface area (Å²) in [5.74, 6) is -1.24. The minimum absolute atomic E-state index is 0.239. The lowest BCUT2D eigenvalue weighted by atomic mass is 9.96. The van der Waals surface area contributed by atoms with Crippen LogP contribution in [0.1, 0.15) is 11.7 Å². The summed E-state index contributed by atoms with van der Waals surface area (Å²) in [4.78, 5) is 22.6. The minimum Gasteiger partial charge on any atom is -0.478 e. The molecule has 5 heteroatoms. The van der Waals surface area contributed by atoms with E-state index in [1.54, 1.807) is 12.1 Å². The zero-order valence-corrected chi connectivity index (χ0v) is 11.4. The third-order valence-corrected chi connectivity index (χ3v) is 3.08. The number of carboxylic acids is 1. The van der Waals surface area contributed by atoms with Crippen molar-refractivity contribution in [1.29, 1.82) is 0 Å². The van der Waals surface area contributed by atoms with Gasteiger partial charge in [0.2, 0.25) is 0 Å². The molecule has 0 aromatic heterocycles. The summed E-state index contributed by atoms with van der Waals surface area (Å²) in [6.07, 6.45) is -2.07. The van der Waals surface area contributed by atoms with Crippen molar-refractivity contribution in [3.8, 4) is 0 Å². The van der Waals surface area contributed by atoms with Gasteiger partial charge in [-0.2, -0.15) is 0 Å². The Bertz CT molecular complexity index is 699.